The molecule has 0 bridgehead atoms. The van der Waals surface area contributed by atoms with E-state index in [1.807, 2.05) is 36.1 Å². The number of aryl methyl sites for hydroxylation is 1. The minimum Gasteiger partial charge on any atom is -0.463 e. The first-order valence-electron chi connectivity index (χ1n) is 8.19. The molecule has 3 rings (SSSR count). The highest BCUT2D eigenvalue weighted by atomic mass is 16.4. The third kappa shape index (κ3) is 3.34. The predicted octanol–water partition coefficient (Wildman–Crippen LogP) is 2.91. The molecule has 0 spiro atoms. The van der Waals surface area contributed by atoms with Gasteiger partial charge < -0.3 is 14.8 Å². The highest BCUT2D eigenvalue weighted by Gasteiger charge is 2.26. The molecule has 1 unspecified atom stereocenters. The van der Waals surface area contributed by atoms with Crippen LogP contribution in [0, 0.1) is 6.92 Å². The summed E-state index contributed by atoms with van der Waals surface area (Å²) in [5.41, 5.74) is 0.901. The Morgan fingerprint density at radius 1 is 1.33 bits per heavy atom. The number of hydrogen-bond donors (Lipinski definition) is 2. The highest BCUT2D eigenvalue weighted by molar-refractivity contribution is 5.75. The van der Waals surface area contributed by atoms with Crippen molar-refractivity contribution in [3.8, 4) is 0 Å². The minimum atomic E-state index is -1.05. The minimum absolute atomic E-state index is 0.283. The highest BCUT2D eigenvalue weighted by Crippen LogP contribution is 2.22. The number of nitrogens with zero attached hydrogens (tertiary/aromatic N) is 3. The van der Waals surface area contributed by atoms with Gasteiger partial charge in [-0.15, -0.1) is 0 Å². The van der Waals surface area contributed by atoms with Gasteiger partial charge in [0.05, 0.1) is 6.20 Å². The van der Waals surface area contributed by atoms with Crippen LogP contribution in [0.3, 0.4) is 0 Å². The second kappa shape index (κ2) is 6.37. The maximum atomic E-state index is 10.5. The number of pyridine rings is 1. The van der Waals surface area contributed by atoms with Crippen LogP contribution in [0.1, 0.15) is 43.9 Å². The Morgan fingerprint density at radius 2 is 2.12 bits per heavy atom. The number of furan rings is 1. The molecule has 0 aliphatic heterocycles. The lowest BCUT2D eigenvalue weighted by Crippen LogP contribution is -2.34. The van der Waals surface area contributed by atoms with Crippen LogP contribution in [0.5, 0.6) is 0 Å². The summed E-state index contributed by atoms with van der Waals surface area (Å²) in [5.74, 6) is 1.36. The quantitative estimate of drug-likeness (QED) is 0.727. The van der Waals surface area contributed by atoms with Gasteiger partial charge in [0.15, 0.2) is 5.65 Å². The van der Waals surface area contributed by atoms with Crippen molar-refractivity contribution in [3.05, 3.63) is 47.7 Å². The van der Waals surface area contributed by atoms with Gasteiger partial charge in [-0.05, 0) is 51.5 Å². The second-order valence-corrected chi connectivity index (χ2v) is 6.73. The monoisotopic (exact) mass is 328 g/mol. The normalized spacial score (nSPS) is 14.4. The fourth-order valence-electron chi connectivity index (χ4n) is 2.72. The number of aliphatic hydroxyl groups is 1. The molecule has 0 saturated heterocycles. The summed E-state index contributed by atoms with van der Waals surface area (Å²) in [6.45, 7) is 8.79. The summed E-state index contributed by atoms with van der Waals surface area (Å²) in [6.07, 6.45) is 3.69. The van der Waals surface area contributed by atoms with Gasteiger partial charge in [-0.1, -0.05) is 0 Å². The van der Waals surface area contributed by atoms with E-state index in [9.17, 15) is 5.11 Å². The molecule has 0 aromatic carbocycles. The van der Waals surface area contributed by atoms with Crippen LogP contribution in [0.2, 0.25) is 0 Å². The largest absolute Gasteiger partial charge is 0.463 e. The Bertz CT molecular complexity index is 833. The first kappa shape index (κ1) is 16.7. The Kier molecular flexibility index (Phi) is 4.43. The first-order valence-corrected chi connectivity index (χ1v) is 8.19. The fourth-order valence-corrected chi connectivity index (χ4v) is 2.72. The molecule has 0 aliphatic carbocycles. The molecule has 6 nitrogen and oxygen atoms in total. The average Bonchev–Trinajstić information content (AvgIpc) is 3.13. The van der Waals surface area contributed by atoms with E-state index >= 15 is 0 Å². The summed E-state index contributed by atoms with van der Waals surface area (Å²) < 4.78 is 7.43. The summed E-state index contributed by atoms with van der Waals surface area (Å²) in [5, 5.41) is 19.2. The number of rotatable bonds is 6. The molecule has 0 aliphatic rings. The Labute approximate surface area is 141 Å². The lowest BCUT2D eigenvalue weighted by atomic mass is 10.0. The zero-order chi connectivity index (χ0) is 17.3. The van der Waals surface area contributed by atoms with Gasteiger partial charge in [0, 0.05) is 30.7 Å². The number of aromatic nitrogens is 3. The zero-order valence-corrected chi connectivity index (χ0v) is 14.6. The van der Waals surface area contributed by atoms with Crippen molar-refractivity contribution < 1.29 is 9.52 Å². The summed E-state index contributed by atoms with van der Waals surface area (Å²) >= 11 is 0. The van der Waals surface area contributed by atoms with Crippen LogP contribution >= 0.6 is 0 Å². The molecular weight excluding hydrogens is 304 g/mol. The second-order valence-electron chi connectivity index (χ2n) is 6.73. The number of fused-ring (bicyclic) bond motifs is 1. The van der Waals surface area contributed by atoms with E-state index in [2.05, 4.69) is 35.3 Å². The average molecular weight is 328 g/mol. The van der Waals surface area contributed by atoms with E-state index in [0.717, 1.165) is 22.4 Å². The maximum absolute atomic E-state index is 10.5. The van der Waals surface area contributed by atoms with Crippen molar-refractivity contribution in [2.75, 3.05) is 6.54 Å². The lowest BCUT2D eigenvalue weighted by Gasteiger charge is -2.21. The molecule has 3 aromatic heterocycles. The van der Waals surface area contributed by atoms with Crippen LogP contribution in [0.15, 0.2) is 35.0 Å². The van der Waals surface area contributed by atoms with Crippen LogP contribution < -0.4 is 5.32 Å². The van der Waals surface area contributed by atoms with E-state index in [1.54, 1.807) is 6.92 Å². The van der Waals surface area contributed by atoms with Gasteiger partial charge in [-0.3, -0.25) is 0 Å². The molecule has 2 N–H and O–H groups in total. The summed E-state index contributed by atoms with van der Waals surface area (Å²) in [4.78, 5) is 4.52. The third-order valence-electron chi connectivity index (χ3n) is 4.05. The third-order valence-corrected chi connectivity index (χ3v) is 4.05. The summed E-state index contributed by atoms with van der Waals surface area (Å²) in [6, 6.07) is 6.03. The SMILES string of the molecule is Cc1ccc(C(C)(O)CNCc2cnc3c(cnn3C(C)C)c2)o1. The van der Waals surface area contributed by atoms with Crippen LogP contribution in [0.4, 0.5) is 0 Å². The standard InChI is InChI=1S/C18H24N4O2/c1-12(2)22-17-15(10-21-22)7-14(9-20-17)8-19-11-18(4,23)16-6-5-13(3)24-16/h5-7,9-10,12,19,23H,8,11H2,1-4H3. The van der Waals surface area contributed by atoms with Gasteiger partial charge in [-0.25, -0.2) is 9.67 Å². The van der Waals surface area contributed by atoms with Crippen molar-refractivity contribution in [2.24, 2.45) is 0 Å². The molecule has 6 heteroatoms. The van der Waals surface area contributed by atoms with Crippen molar-refractivity contribution in [3.63, 3.8) is 0 Å². The Balaban J connectivity index is 1.65. The van der Waals surface area contributed by atoms with Gasteiger partial charge in [-0.2, -0.15) is 5.10 Å². The van der Waals surface area contributed by atoms with E-state index < -0.39 is 5.60 Å². The molecule has 3 aromatic rings. The number of hydrogen-bond acceptors (Lipinski definition) is 5. The lowest BCUT2D eigenvalue weighted by molar-refractivity contribution is 0.0332. The number of nitrogens with one attached hydrogen (secondary N) is 1. The molecule has 3 heterocycles. The van der Waals surface area contributed by atoms with Gasteiger partial charge >= 0.3 is 0 Å². The first-order chi connectivity index (χ1) is 11.4. The van der Waals surface area contributed by atoms with Crippen molar-refractivity contribution >= 4 is 11.0 Å². The van der Waals surface area contributed by atoms with Crippen LogP contribution in [-0.4, -0.2) is 26.4 Å². The Morgan fingerprint density at radius 3 is 2.79 bits per heavy atom. The predicted molar refractivity (Wildman–Crippen MR) is 92.6 cm³/mol. The van der Waals surface area contributed by atoms with E-state index in [-0.39, 0.29) is 6.04 Å². The molecule has 0 fully saturated rings. The fraction of sp³-hybridized carbons (Fsp3) is 0.444. The van der Waals surface area contributed by atoms with Crippen molar-refractivity contribution in [1.29, 1.82) is 0 Å². The topological polar surface area (TPSA) is 76.1 Å². The zero-order valence-electron chi connectivity index (χ0n) is 14.6. The Hall–Kier alpha value is -2.18. The van der Waals surface area contributed by atoms with Crippen LogP contribution in [-0.2, 0) is 12.1 Å². The molecule has 128 valence electrons. The van der Waals surface area contributed by atoms with E-state index in [0.29, 0.717) is 18.8 Å². The van der Waals surface area contributed by atoms with Crippen molar-refractivity contribution in [1.82, 2.24) is 20.1 Å². The van der Waals surface area contributed by atoms with Gasteiger partial charge in [0.2, 0.25) is 0 Å². The molecule has 1 atom stereocenters. The van der Waals surface area contributed by atoms with Crippen LogP contribution in [0.25, 0.3) is 11.0 Å². The molecule has 0 amide bonds. The molecule has 24 heavy (non-hydrogen) atoms. The smallest absolute Gasteiger partial charge is 0.157 e. The van der Waals surface area contributed by atoms with Crippen molar-refractivity contribution in [2.45, 2.75) is 45.9 Å². The molecule has 0 saturated carbocycles. The maximum Gasteiger partial charge on any atom is 0.157 e. The van der Waals surface area contributed by atoms with E-state index in [4.69, 9.17) is 4.42 Å². The van der Waals surface area contributed by atoms with Gasteiger partial charge in [0.1, 0.15) is 17.1 Å². The molecule has 0 radical (unpaired) electrons. The summed E-state index contributed by atoms with van der Waals surface area (Å²) in [7, 11) is 0. The van der Waals surface area contributed by atoms with E-state index in [1.165, 1.54) is 0 Å². The van der Waals surface area contributed by atoms with Gasteiger partial charge in [0.25, 0.3) is 0 Å². The molecular formula is C18H24N4O2.